The Morgan fingerprint density at radius 1 is 1.33 bits per heavy atom. The molecule has 3 aliphatic rings. The summed E-state index contributed by atoms with van der Waals surface area (Å²) in [6, 6.07) is -1.29. The third-order valence-corrected chi connectivity index (χ3v) is 6.50. The highest BCUT2D eigenvalue weighted by molar-refractivity contribution is 7.99. The molecule has 3 aliphatic heterocycles. The number of rotatable bonds is 5. The van der Waals surface area contributed by atoms with Gasteiger partial charge in [-0.2, -0.15) is 0 Å². The molecule has 0 spiro atoms. The van der Waals surface area contributed by atoms with Crippen molar-refractivity contribution in [3.05, 3.63) is 12.2 Å². The molecule has 0 aromatic heterocycles. The highest BCUT2D eigenvalue weighted by Gasteiger charge is 2.49. The number of fused-ring (bicyclic) bond motifs is 1. The standard InChI is InChI=1S/C17H27ClN2O6S/c1-7(18)9(15-12(22)11(21)13(23)17(26-15)27-2)20-16(24)10-14-8(6-19-10)4-3-5-25-14/h3-4,7-15,17,19,21-23H,5-6H2,1-2H3,(H,20,24)/t7-,8-,9+,10-,11?,12?,13?,14+,15?,17?/m0/s1. The number of carbonyl (C=O) groups is 1. The maximum atomic E-state index is 12.9. The van der Waals surface area contributed by atoms with E-state index in [1.54, 1.807) is 13.2 Å². The Balaban J connectivity index is 1.72. The molecule has 5 unspecified atom stereocenters. The summed E-state index contributed by atoms with van der Waals surface area (Å²) in [5.41, 5.74) is -0.732. The van der Waals surface area contributed by atoms with E-state index in [2.05, 4.69) is 10.6 Å². The summed E-state index contributed by atoms with van der Waals surface area (Å²) in [5.74, 6) is -0.164. The molecule has 8 nitrogen and oxygen atoms in total. The molecule has 27 heavy (non-hydrogen) atoms. The summed E-state index contributed by atoms with van der Waals surface area (Å²) in [5, 5.41) is 36.0. The van der Waals surface area contributed by atoms with Crippen LogP contribution in [0.2, 0.25) is 0 Å². The predicted molar refractivity (Wildman–Crippen MR) is 102 cm³/mol. The largest absolute Gasteiger partial charge is 0.388 e. The van der Waals surface area contributed by atoms with Gasteiger partial charge in [-0.05, 0) is 13.2 Å². The van der Waals surface area contributed by atoms with Crippen molar-refractivity contribution in [2.24, 2.45) is 5.92 Å². The summed E-state index contributed by atoms with van der Waals surface area (Å²) in [6.45, 7) is 2.78. The molecule has 3 heterocycles. The van der Waals surface area contributed by atoms with Gasteiger partial charge in [-0.3, -0.25) is 4.79 Å². The number of ether oxygens (including phenoxy) is 2. The SMILES string of the molecule is CSC1OC([C@H](NC(=O)[C@H]2NC[C@@H]3C=CCO[C@@H]23)[C@H](C)Cl)C(O)C(O)C1O. The van der Waals surface area contributed by atoms with E-state index in [0.29, 0.717) is 13.2 Å². The zero-order chi connectivity index (χ0) is 19.7. The molecule has 5 N–H and O–H groups in total. The first kappa shape index (κ1) is 21.3. The summed E-state index contributed by atoms with van der Waals surface area (Å²) in [7, 11) is 0. The van der Waals surface area contributed by atoms with Crippen LogP contribution >= 0.6 is 23.4 Å². The zero-order valence-corrected chi connectivity index (χ0v) is 16.8. The van der Waals surface area contributed by atoms with E-state index in [9.17, 15) is 20.1 Å². The van der Waals surface area contributed by atoms with E-state index in [-0.39, 0.29) is 17.9 Å². The minimum Gasteiger partial charge on any atom is -0.388 e. The van der Waals surface area contributed by atoms with Crippen LogP contribution in [0.4, 0.5) is 0 Å². The lowest BCUT2D eigenvalue weighted by Crippen LogP contribution is -2.65. The Kier molecular flexibility index (Phi) is 7.07. The van der Waals surface area contributed by atoms with Crippen LogP contribution in [0.1, 0.15) is 6.92 Å². The van der Waals surface area contributed by atoms with E-state index in [1.165, 1.54) is 11.8 Å². The number of thioether (sulfide) groups is 1. The summed E-state index contributed by atoms with van der Waals surface area (Å²) < 4.78 is 11.5. The number of hydrogen-bond acceptors (Lipinski definition) is 8. The second kappa shape index (κ2) is 8.96. The predicted octanol–water partition coefficient (Wildman–Crippen LogP) is -1.19. The number of alkyl halides is 1. The molecule has 2 fully saturated rings. The quantitative estimate of drug-likeness (QED) is 0.277. The minimum absolute atomic E-state index is 0.135. The van der Waals surface area contributed by atoms with Gasteiger partial charge in [0.2, 0.25) is 5.91 Å². The van der Waals surface area contributed by atoms with E-state index in [1.807, 2.05) is 12.2 Å². The van der Waals surface area contributed by atoms with Crippen LogP contribution in [-0.4, -0.2) is 94.1 Å². The molecule has 0 radical (unpaired) electrons. The Morgan fingerprint density at radius 2 is 2.07 bits per heavy atom. The number of nitrogens with one attached hydrogen (secondary N) is 2. The molecule has 0 aromatic rings. The smallest absolute Gasteiger partial charge is 0.240 e. The average molecular weight is 423 g/mol. The second-order valence-corrected chi connectivity index (χ2v) is 8.79. The van der Waals surface area contributed by atoms with Gasteiger partial charge in [-0.1, -0.05) is 12.2 Å². The second-order valence-electron chi connectivity index (χ2n) is 7.16. The van der Waals surface area contributed by atoms with Crippen molar-refractivity contribution < 1.29 is 29.6 Å². The Labute approximate surface area is 167 Å². The average Bonchev–Trinajstić information content (AvgIpc) is 3.09. The van der Waals surface area contributed by atoms with Crippen LogP contribution < -0.4 is 10.6 Å². The van der Waals surface area contributed by atoms with Crippen LogP contribution in [0, 0.1) is 5.92 Å². The monoisotopic (exact) mass is 422 g/mol. The highest BCUT2D eigenvalue weighted by Crippen LogP contribution is 2.30. The lowest BCUT2D eigenvalue weighted by Gasteiger charge is -2.44. The lowest BCUT2D eigenvalue weighted by molar-refractivity contribution is -0.205. The van der Waals surface area contributed by atoms with E-state index < -0.39 is 47.3 Å². The Bertz CT molecular complexity index is 566. The van der Waals surface area contributed by atoms with Gasteiger partial charge >= 0.3 is 0 Å². The molecule has 0 aromatic carbocycles. The van der Waals surface area contributed by atoms with Crippen molar-refractivity contribution in [1.82, 2.24) is 10.6 Å². The first-order chi connectivity index (χ1) is 12.8. The van der Waals surface area contributed by atoms with Crippen molar-refractivity contribution in [3.8, 4) is 0 Å². The molecule has 2 saturated heterocycles. The van der Waals surface area contributed by atoms with Crippen LogP contribution in [0.25, 0.3) is 0 Å². The molecular formula is C17H27ClN2O6S. The molecule has 1 amide bonds. The molecule has 0 aliphatic carbocycles. The van der Waals surface area contributed by atoms with Crippen molar-refractivity contribution in [3.63, 3.8) is 0 Å². The van der Waals surface area contributed by atoms with Crippen LogP contribution in [0.3, 0.4) is 0 Å². The molecular weight excluding hydrogens is 396 g/mol. The van der Waals surface area contributed by atoms with Crippen molar-refractivity contribution in [2.45, 2.75) is 60.3 Å². The van der Waals surface area contributed by atoms with Crippen LogP contribution in [0.5, 0.6) is 0 Å². The topological polar surface area (TPSA) is 120 Å². The summed E-state index contributed by atoms with van der Waals surface area (Å²) in [4.78, 5) is 12.9. The fourth-order valence-electron chi connectivity index (χ4n) is 3.86. The number of aliphatic hydroxyl groups excluding tert-OH is 3. The number of halogens is 1. The summed E-state index contributed by atoms with van der Waals surface area (Å²) >= 11 is 7.50. The molecule has 10 heteroatoms. The number of hydrogen-bond donors (Lipinski definition) is 5. The number of amides is 1. The van der Waals surface area contributed by atoms with Gasteiger partial charge in [-0.15, -0.1) is 23.4 Å². The van der Waals surface area contributed by atoms with E-state index in [0.717, 1.165) is 0 Å². The minimum atomic E-state index is -1.39. The first-order valence-electron chi connectivity index (χ1n) is 9.03. The van der Waals surface area contributed by atoms with Gasteiger partial charge in [0, 0.05) is 12.5 Å². The van der Waals surface area contributed by atoms with Gasteiger partial charge in [0.1, 0.15) is 35.9 Å². The van der Waals surface area contributed by atoms with Crippen molar-refractivity contribution in [2.75, 3.05) is 19.4 Å². The molecule has 154 valence electrons. The van der Waals surface area contributed by atoms with Crippen LogP contribution in [-0.2, 0) is 14.3 Å². The molecule has 10 atom stereocenters. The van der Waals surface area contributed by atoms with Gasteiger partial charge in [0.05, 0.1) is 24.1 Å². The Hall–Kier alpha value is -0.390. The third kappa shape index (κ3) is 4.30. The van der Waals surface area contributed by atoms with Crippen molar-refractivity contribution >= 4 is 29.3 Å². The van der Waals surface area contributed by atoms with E-state index in [4.69, 9.17) is 21.1 Å². The van der Waals surface area contributed by atoms with Crippen molar-refractivity contribution in [1.29, 1.82) is 0 Å². The molecule has 0 bridgehead atoms. The summed E-state index contributed by atoms with van der Waals surface area (Å²) in [6.07, 6.45) is 0.493. The fraction of sp³-hybridized carbons (Fsp3) is 0.824. The van der Waals surface area contributed by atoms with Gasteiger partial charge in [0.15, 0.2) is 0 Å². The maximum absolute atomic E-state index is 12.9. The maximum Gasteiger partial charge on any atom is 0.240 e. The third-order valence-electron chi connectivity index (χ3n) is 5.37. The Morgan fingerprint density at radius 3 is 2.74 bits per heavy atom. The fourth-order valence-corrected chi connectivity index (χ4v) is 4.74. The normalized spacial score (nSPS) is 43.8. The van der Waals surface area contributed by atoms with E-state index >= 15 is 0 Å². The first-order valence-corrected chi connectivity index (χ1v) is 10.8. The van der Waals surface area contributed by atoms with Gasteiger partial charge in [-0.25, -0.2) is 0 Å². The highest BCUT2D eigenvalue weighted by atomic mass is 35.5. The van der Waals surface area contributed by atoms with Gasteiger partial charge in [0.25, 0.3) is 0 Å². The van der Waals surface area contributed by atoms with Crippen LogP contribution in [0.15, 0.2) is 12.2 Å². The van der Waals surface area contributed by atoms with Gasteiger partial charge < -0.3 is 35.4 Å². The molecule has 3 rings (SSSR count). The zero-order valence-electron chi connectivity index (χ0n) is 15.2. The lowest BCUT2D eigenvalue weighted by atomic mass is 9.92. The molecule has 0 saturated carbocycles. The number of carbonyl (C=O) groups excluding carboxylic acids is 1. The number of aliphatic hydroxyl groups is 3.